The molecule has 1 aliphatic heterocycles. The Morgan fingerprint density at radius 2 is 1.92 bits per heavy atom. The van der Waals surface area contributed by atoms with Gasteiger partial charge in [0.1, 0.15) is 0 Å². The van der Waals surface area contributed by atoms with Gasteiger partial charge in [0.05, 0.1) is 22.2 Å². The third-order valence-corrected chi connectivity index (χ3v) is 6.68. The summed E-state index contributed by atoms with van der Waals surface area (Å²) in [6, 6.07) is 3.70. The molecule has 26 heavy (non-hydrogen) atoms. The Hall–Kier alpha value is -1.94. The van der Waals surface area contributed by atoms with Gasteiger partial charge in [0.2, 0.25) is 10.0 Å². The van der Waals surface area contributed by atoms with Gasteiger partial charge in [-0.25, -0.2) is 13.1 Å². The number of benzene rings is 1. The molecule has 0 radical (unpaired) electrons. The lowest BCUT2D eigenvalue weighted by Gasteiger charge is -2.17. The van der Waals surface area contributed by atoms with Crippen LogP contribution in [0.15, 0.2) is 35.4 Å². The second-order valence-electron chi connectivity index (χ2n) is 6.73. The third kappa shape index (κ3) is 3.23. The van der Waals surface area contributed by atoms with E-state index in [9.17, 15) is 21.6 Å². The first-order chi connectivity index (χ1) is 12.2. The van der Waals surface area contributed by atoms with Gasteiger partial charge in [0.25, 0.3) is 0 Å². The van der Waals surface area contributed by atoms with Crippen molar-refractivity contribution in [1.82, 2.24) is 19.3 Å². The number of aromatic nitrogens is 3. The molecule has 0 N–H and O–H groups in total. The van der Waals surface area contributed by atoms with Crippen molar-refractivity contribution in [3.8, 4) is 0 Å². The molecule has 1 saturated carbocycles. The van der Waals surface area contributed by atoms with E-state index in [0.717, 1.165) is 30.7 Å². The molecular weight excluding hydrogens is 369 g/mol. The van der Waals surface area contributed by atoms with Crippen LogP contribution in [-0.4, -0.2) is 40.8 Å². The molecule has 2 heterocycles. The Balaban J connectivity index is 1.53. The predicted molar refractivity (Wildman–Crippen MR) is 85.9 cm³/mol. The molecule has 1 atom stereocenters. The minimum Gasteiger partial charge on any atom is -0.248 e. The molecule has 0 spiro atoms. The fourth-order valence-corrected chi connectivity index (χ4v) is 4.70. The maximum Gasteiger partial charge on any atom is 0.416 e. The van der Waals surface area contributed by atoms with Crippen molar-refractivity contribution in [2.24, 2.45) is 0 Å². The van der Waals surface area contributed by atoms with Crippen molar-refractivity contribution in [3.63, 3.8) is 0 Å². The Morgan fingerprint density at radius 3 is 2.62 bits per heavy atom. The van der Waals surface area contributed by atoms with Crippen LogP contribution in [0.4, 0.5) is 13.2 Å². The van der Waals surface area contributed by atoms with Crippen molar-refractivity contribution in [2.45, 2.75) is 42.3 Å². The molecule has 2 aromatic rings. The number of rotatable bonds is 4. The second-order valence-corrected chi connectivity index (χ2v) is 8.67. The number of sulfonamides is 1. The summed E-state index contributed by atoms with van der Waals surface area (Å²) in [5.74, 6) is 0.454. The van der Waals surface area contributed by atoms with Crippen LogP contribution in [-0.2, 0) is 16.2 Å². The first kappa shape index (κ1) is 17.5. The van der Waals surface area contributed by atoms with Gasteiger partial charge in [0, 0.05) is 25.2 Å². The first-order valence-corrected chi connectivity index (χ1v) is 9.78. The quantitative estimate of drug-likeness (QED) is 0.810. The molecule has 4 rings (SSSR count). The molecule has 0 bridgehead atoms. The SMILES string of the molecule is O=S(=O)(c1cccc(C(F)(F)F)c1)N1CCC(n2cc(C3CC3)nn2)C1. The van der Waals surface area contributed by atoms with Gasteiger partial charge in [-0.15, -0.1) is 5.10 Å². The molecule has 1 aromatic carbocycles. The molecule has 1 saturated heterocycles. The maximum absolute atomic E-state index is 12.9. The summed E-state index contributed by atoms with van der Waals surface area (Å²) < 4.78 is 66.9. The zero-order valence-electron chi connectivity index (χ0n) is 13.7. The topological polar surface area (TPSA) is 68.1 Å². The van der Waals surface area contributed by atoms with Crippen molar-refractivity contribution < 1.29 is 21.6 Å². The molecular formula is C16H17F3N4O2S. The normalized spacial score (nSPS) is 22.0. The van der Waals surface area contributed by atoms with E-state index in [-0.39, 0.29) is 24.0 Å². The van der Waals surface area contributed by atoms with E-state index in [1.165, 1.54) is 10.4 Å². The second kappa shape index (κ2) is 6.05. The fourth-order valence-electron chi connectivity index (χ4n) is 3.16. The van der Waals surface area contributed by atoms with Gasteiger partial charge in [-0.05, 0) is 37.5 Å². The average molecular weight is 386 g/mol. The molecule has 1 aromatic heterocycles. The summed E-state index contributed by atoms with van der Waals surface area (Å²) >= 11 is 0. The molecule has 10 heteroatoms. The highest BCUT2D eigenvalue weighted by Gasteiger charge is 2.37. The molecule has 1 aliphatic carbocycles. The molecule has 2 fully saturated rings. The lowest BCUT2D eigenvalue weighted by Crippen LogP contribution is -2.29. The minimum absolute atomic E-state index is 0.157. The van der Waals surface area contributed by atoms with Crippen LogP contribution >= 0.6 is 0 Å². The van der Waals surface area contributed by atoms with Crippen LogP contribution in [0.5, 0.6) is 0 Å². The number of nitrogens with zero attached hydrogens (tertiary/aromatic N) is 4. The lowest BCUT2D eigenvalue weighted by atomic mass is 10.2. The van der Waals surface area contributed by atoms with Crippen molar-refractivity contribution >= 4 is 10.0 Å². The van der Waals surface area contributed by atoms with Gasteiger partial charge in [-0.1, -0.05) is 11.3 Å². The van der Waals surface area contributed by atoms with Crippen molar-refractivity contribution in [2.75, 3.05) is 13.1 Å². The summed E-state index contributed by atoms with van der Waals surface area (Å²) in [5.41, 5.74) is -0.0520. The van der Waals surface area contributed by atoms with E-state index in [4.69, 9.17) is 0 Å². The van der Waals surface area contributed by atoms with Gasteiger partial charge < -0.3 is 0 Å². The monoisotopic (exact) mass is 386 g/mol. The molecule has 1 unspecified atom stereocenters. The molecule has 0 amide bonds. The van der Waals surface area contributed by atoms with Gasteiger partial charge in [0.15, 0.2) is 0 Å². The van der Waals surface area contributed by atoms with Gasteiger partial charge in [-0.2, -0.15) is 17.5 Å². The van der Waals surface area contributed by atoms with E-state index < -0.39 is 21.8 Å². The third-order valence-electron chi connectivity index (χ3n) is 4.82. The molecule has 2 aliphatic rings. The Kier molecular flexibility index (Phi) is 4.07. The van der Waals surface area contributed by atoms with Crippen LogP contribution in [0, 0.1) is 0 Å². The van der Waals surface area contributed by atoms with Gasteiger partial charge in [-0.3, -0.25) is 0 Å². The van der Waals surface area contributed by atoms with Crippen LogP contribution in [0.2, 0.25) is 0 Å². The van der Waals surface area contributed by atoms with E-state index >= 15 is 0 Å². The Bertz CT molecular complexity index is 922. The smallest absolute Gasteiger partial charge is 0.248 e. The molecule has 140 valence electrons. The standard InChI is InChI=1S/C16H17F3N4O2S/c17-16(18,19)12-2-1-3-14(8-12)26(24,25)22-7-6-13(9-22)23-10-15(20-21-23)11-4-5-11/h1-3,8,10-11,13H,4-7,9H2. The summed E-state index contributed by atoms with van der Waals surface area (Å²) in [4.78, 5) is -0.342. The Labute approximate surface area is 148 Å². The van der Waals surface area contributed by atoms with E-state index in [0.29, 0.717) is 18.4 Å². The zero-order chi connectivity index (χ0) is 18.5. The fraction of sp³-hybridized carbons (Fsp3) is 0.500. The summed E-state index contributed by atoms with van der Waals surface area (Å²) in [7, 11) is -3.99. The summed E-state index contributed by atoms with van der Waals surface area (Å²) in [6.07, 6.45) is 0.00617. The maximum atomic E-state index is 12.9. The largest absolute Gasteiger partial charge is 0.416 e. The molecule has 6 nitrogen and oxygen atoms in total. The zero-order valence-corrected chi connectivity index (χ0v) is 14.5. The van der Waals surface area contributed by atoms with E-state index in [1.54, 1.807) is 4.68 Å². The Morgan fingerprint density at radius 1 is 1.15 bits per heavy atom. The van der Waals surface area contributed by atoms with Crippen LogP contribution in [0.3, 0.4) is 0 Å². The van der Waals surface area contributed by atoms with E-state index in [2.05, 4.69) is 10.3 Å². The highest BCUT2D eigenvalue weighted by atomic mass is 32.2. The van der Waals surface area contributed by atoms with Crippen LogP contribution in [0.25, 0.3) is 0 Å². The highest BCUT2D eigenvalue weighted by molar-refractivity contribution is 7.89. The number of hydrogen-bond acceptors (Lipinski definition) is 4. The van der Waals surface area contributed by atoms with Crippen molar-refractivity contribution in [1.29, 1.82) is 0 Å². The number of halogens is 3. The number of alkyl halides is 3. The predicted octanol–water partition coefficient (Wildman–Crippen LogP) is 2.81. The van der Waals surface area contributed by atoms with E-state index in [1.807, 2.05) is 6.20 Å². The average Bonchev–Trinajstić information content (AvgIpc) is 3.11. The summed E-state index contributed by atoms with van der Waals surface area (Å²) in [5, 5.41) is 8.22. The minimum atomic E-state index is -4.58. The highest BCUT2D eigenvalue weighted by Crippen LogP contribution is 2.39. The first-order valence-electron chi connectivity index (χ1n) is 8.34. The summed E-state index contributed by atoms with van der Waals surface area (Å²) in [6.45, 7) is 0.411. The lowest BCUT2D eigenvalue weighted by molar-refractivity contribution is -0.137. The van der Waals surface area contributed by atoms with Crippen LogP contribution < -0.4 is 0 Å². The van der Waals surface area contributed by atoms with Crippen LogP contribution in [0.1, 0.15) is 42.5 Å². The van der Waals surface area contributed by atoms with Crippen molar-refractivity contribution in [3.05, 3.63) is 41.7 Å². The van der Waals surface area contributed by atoms with Gasteiger partial charge >= 0.3 is 6.18 Å². The number of hydrogen-bond donors (Lipinski definition) is 0.